The summed E-state index contributed by atoms with van der Waals surface area (Å²) in [5.41, 5.74) is 11.3. The number of hydrogen-bond donors (Lipinski definition) is 2. The molecule has 3 N–H and O–H groups in total. The van der Waals surface area contributed by atoms with E-state index < -0.39 is 0 Å². The quantitative estimate of drug-likeness (QED) is 0.889. The van der Waals surface area contributed by atoms with Crippen LogP contribution in [0.5, 0.6) is 0 Å². The number of nitrogens with zero attached hydrogens (tertiary/aromatic N) is 2. The van der Waals surface area contributed by atoms with Gasteiger partial charge in [-0.25, -0.2) is 10.4 Å². The third kappa shape index (κ3) is 3.57. The summed E-state index contributed by atoms with van der Waals surface area (Å²) in [5, 5.41) is 2.41. The van der Waals surface area contributed by atoms with Gasteiger partial charge in [-0.1, -0.05) is 24.6 Å². The summed E-state index contributed by atoms with van der Waals surface area (Å²) >= 11 is 0. The van der Waals surface area contributed by atoms with E-state index in [0.717, 1.165) is 32.5 Å². The zero-order valence-corrected chi connectivity index (χ0v) is 12.9. The Kier molecular flexibility index (Phi) is 4.78. The molecular weight excluding hydrogens is 260 g/mol. The Labute approximate surface area is 128 Å². The first-order valence-electron chi connectivity index (χ1n) is 8.34. The minimum atomic E-state index is 0.0998. The SMILES string of the molecule is NCC1(NN2CCCCC2)CCN(c2ccccc2)CC1. The van der Waals surface area contributed by atoms with Crippen LogP contribution in [0, 0.1) is 0 Å². The third-order valence-electron chi connectivity index (χ3n) is 4.98. The second-order valence-electron chi connectivity index (χ2n) is 6.47. The van der Waals surface area contributed by atoms with Crippen molar-refractivity contribution in [3.8, 4) is 0 Å². The van der Waals surface area contributed by atoms with Crippen LogP contribution in [-0.2, 0) is 0 Å². The van der Waals surface area contributed by atoms with Crippen molar-refractivity contribution in [2.24, 2.45) is 5.73 Å². The minimum Gasteiger partial charge on any atom is -0.371 e. The molecule has 0 atom stereocenters. The van der Waals surface area contributed by atoms with Crippen LogP contribution in [0.15, 0.2) is 30.3 Å². The smallest absolute Gasteiger partial charge is 0.0481 e. The molecule has 1 aromatic carbocycles. The van der Waals surface area contributed by atoms with Crippen LogP contribution in [0.4, 0.5) is 5.69 Å². The van der Waals surface area contributed by atoms with E-state index in [9.17, 15) is 0 Å². The Morgan fingerprint density at radius 3 is 2.24 bits per heavy atom. The fourth-order valence-electron chi connectivity index (χ4n) is 3.53. The van der Waals surface area contributed by atoms with Gasteiger partial charge in [-0.15, -0.1) is 0 Å². The van der Waals surface area contributed by atoms with Crippen LogP contribution < -0.4 is 16.1 Å². The van der Waals surface area contributed by atoms with E-state index >= 15 is 0 Å². The molecule has 0 aromatic heterocycles. The van der Waals surface area contributed by atoms with Crippen LogP contribution in [0.2, 0.25) is 0 Å². The summed E-state index contributed by atoms with van der Waals surface area (Å²) in [5.74, 6) is 0. The van der Waals surface area contributed by atoms with Gasteiger partial charge in [0.1, 0.15) is 0 Å². The Bertz CT molecular complexity index is 420. The highest BCUT2D eigenvalue weighted by molar-refractivity contribution is 5.46. The molecule has 21 heavy (non-hydrogen) atoms. The zero-order chi connectivity index (χ0) is 14.5. The van der Waals surface area contributed by atoms with E-state index in [4.69, 9.17) is 5.73 Å². The van der Waals surface area contributed by atoms with Gasteiger partial charge in [0.15, 0.2) is 0 Å². The summed E-state index contributed by atoms with van der Waals surface area (Å²) in [6.45, 7) is 5.24. The molecule has 2 saturated heterocycles. The van der Waals surface area contributed by atoms with Crippen LogP contribution >= 0.6 is 0 Å². The molecule has 2 heterocycles. The number of piperidine rings is 2. The monoisotopic (exact) mass is 288 g/mol. The molecule has 0 saturated carbocycles. The number of anilines is 1. The highest BCUT2D eigenvalue weighted by Gasteiger charge is 2.35. The lowest BCUT2D eigenvalue weighted by atomic mass is 9.88. The van der Waals surface area contributed by atoms with Crippen molar-refractivity contribution in [3.05, 3.63) is 30.3 Å². The lowest BCUT2D eigenvalue weighted by molar-refractivity contribution is 0.0691. The molecule has 0 unspecified atom stereocenters. The highest BCUT2D eigenvalue weighted by atomic mass is 15.5. The maximum atomic E-state index is 6.13. The molecule has 1 aromatic rings. The maximum absolute atomic E-state index is 6.13. The van der Waals surface area contributed by atoms with Crippen molar-refractivity contribution in [2.75, 3.05) is 37.6 Å². The summed E-state index contributed by atoms with van der Waals surface area (Å²) in [4.78, 5) is 2.48. The van der Waals surface area contributed by atoms with Crippen LogP contribution in [-0.4, -0.2) is 43.3 Å². The molecule has 116 valence electrons. The number of nitrogens with one attached hydrogen (secondary N) is 1. The Hall–Kier alpha value is -1.10. The average molecular weight is 288 g/mol. The Morgan fingerprint density at radius 1 is 0.952 bits per heavy atom. The largest absolute Gasteiger partial charge is 0.371 e. The zero-order valence-electron chi connectivity index (χ0n) is 12.9. The van der Waals surface area contributed by atoms with Gasteiger partial charge in [-0.2, -0.15) is 0 Å². The van der Waals surface area contributed by atoms with Crippen LogP contribution in [0.3, 0.4) is 0 Å². The van der Waals surface area contributed by atoms with Crippen LogP contribution in [0.25, 0.3) is 0 Å². The summed E-state index contributed by atoms with van der Waals surface area (Å²) in [6.07, 6.45) is 6.23. The highest BCUT2D eigenvalue weighted by Crippen LogP contribution is 2.26. The van der Waals surface area contributed by atoms with Gasteiger partial charge in [0.05, 0.1) is 0 Å². The molecule has 0 amide bonds. The number of benzene rings is 1. The molecule has 2 fully saturated rings. The van der Waals surface area contributed by atoms with E-state index in [0.29, 0.717) is 0 Å². The summed E-state index contributed by atoms with van der Waals surface area (Å²) in [7, 11) is 0. The number of nitrogens with two attached hydrogens (primary N) is 1. The molecule has 4 heteroatoms. The van der Waals surface area contributed by atoms with E-state index in [-0.39, 0.29) is 5.54 Å². The topological polar surface area (TPSA) is 44.5 Å². The van der Waals surface area contributed by atoms with E-state index in [1.807, 2.05) is 0 Å². The Balaban J connectivity index is 1.59. The van der Waals surface area contributed by atoms with Gasteiger partial charge < -0.3 is 10.6 Å². The minimum absolute atomic E-state index is 0.0998. The number of hydrogen-bond acceptors (Lipinski definition) is 4. The van der Waals surface area contributed by atoms with Gasteiger partial charge in [-0.3, -0.25) is 0 Å². The van der Waals surface area contributed by atoms with E-state index in [1.165, 1.54) is 38.0 Å². The molecule has 3 rings (SSSR count). The van der Waals surface area contributed by atoms with Crippen molar-refractivity contribution in [1.82, 2.24) is 10.4 Å². The number of rotatable bonds is 4. The van der Waals surface area contributed by atoms with Gasteiger partial charge >= 0.3 is 0 Å². The van der Waals surface area contributed by atoms with Gasteiger partial charge in [-0.05, 0) is 37.8 Å². The maximum Gasteiger partial charge on any atom is 0.0481 e. The lowest BCUT2D eigenvalue weighted by Crippen LogP contribution is -2.63. The molecule has 0 spiro atoms. The fraction of sp³-hybridized carbons (Fsp3) is 0.647. The first kappa shape index (κ1) is 14.8. The number of para-hydroxylation sites is 1. The molecule has 0 radical (unpaired) electrons. The van der Waals surface area contributed by atoms with Crippen molar-refractivity contribution in [2.45, 2.75) is 37.6 Å². The molecule has 4 nitrogen and oxygen atoms in total. The van der Waals surface area contributed by atoms with Crippen molar-refractivity contribution in [1.29, 1.82) is 0 Å². The lowest BCUT2D eigenvalue weighted by Gasteiger charge is -2.46. The summed E-state index contributed by atoms with van der Waals surface area (Å²) < 4.78 is 0. The molecular formula is C17H28N4. The fourth-order valence-corrected chi connectivity index (χ4v) is 3.53. The second-order valence-corrected chi connectivity index (χ2v) is 6.47. The second kappa shape index (κ2) is 6.77. The average Bonchev–Trinajstić information content (AvgIpc) is 2.57. The molecule has 0 aliphatic carbocycles. The molecule has 2 aliphatic rings. The van der Waals surface area contributed by atoms with Crippen molar-refractivity contribution >= 4 is 5.69 Å². The van der Waals surface area contributed by atoms with Gasteiger partial charge in [0.25, 0.3) is 0 Å². The molecule has 0 bridgehead atoms. The van der Waals surface area contributed by atoms with Crippen molar-refractivity contribution in [3.63, 3.8) is 0 Å². The van der Waals surface area contributed by atoms with Crippen molar-refractivity contribution < 1.29 is 0 Å². The van der Waals surface area contributed by atoms with E-state index in [2.05, 4.69) is 45.7 Å². The van der Waals surface area contributed by atoms with E-state index in [1.54, 1.807) is 0 Å². The number of hydrazine groups is 1. The predicted molar refractivity (Wildman–Crippen MR) is 88.2 cm³/mol. The summed E-state index contributed by atoms with van der Waals surface area (Å²) in [6, 6.07) is 10.7. The standard InChI is InChI=1S/C17H28N4/c18-15-17(19-21-11-5-2-6-12-21)9-13-20(14-10-17)16-7-3-1-4-8-16/h1,3-4,7-8,19H,2,5-6,9-15,18H2. The van der Waals surface area contributed by atoms with Gasteiger partial charge in [0, 0.05) is 44.0 Å². The van der Waals surface area contributed by atoms with Crippen LogP contribution in [0.1, 0.15) is 32.1 Å². The predicted octanol–water partition coefficient (Wildman–Crippen LogP) is 1.97. The van der Waals surface area contributed by atoms with Gasteiger partial charge in [0.2, 0.25) is 0 Å². The third-order valence-corrected chi connectivity index (χ3v) is 4.98. The first-order chi connectivity index (χ1) is 10.3. The molecule has 2 aliphatic heterocycles. The first-order valence-corrected chi connectivity index (χ1v) is 8.34. The Morgan fingerprint density at radius 2 is 1.62 bits per heavy atom. The normalized spacial score (nSPS) is 23.2.